The van der Waals surface area contributed by atoms with Gasteiger partial charge in [0, 0.05) is 41.4 Å². The molecule has 226 valence electrons. The molecule has 3 N–H and O–H groups in total. The number of sulfonamides is 1. The van der Waals surface area contributed by atoms with Crippen LogP contribution in [0.1, 0.15) is 63.8 Å². The number of rotatable bonds is 12. The van der Waals surface area contributed by atoms with Gasteiger partial charge in [-0.25, -0.2) is 13.4 Å². The summed E-state index contributed by atoms with van der Waals surface area (Å²) in [6.45, 7) is 6.99. The van der Waals surface area contributed by atoms with Gasteiger partial charge in [-0.2, -0.15) is 4.72 Å². The van der Waals surface area contributed by atoms with E-state index in [1.807, 2.05) is 6.92 Å². The van der Waals surface area contributed by atoms with Crippen LogP contribution in [-0.4, -0.2) is 59.2 Å². The number of anilines is 1. The smallest absolute Gasteiger partial charge is 0.243 e. The fraction of sp³-hybridized carbons (Fsp3) is 0.467. The van der Waals surface area contributed by atoms with Gasteiger partial charge in [-0.05, 0) is 69.2 Å². The summed E-state index contributed by atoms with van der Waals surface area (Å²) in [6.07, 6.45) is 7.74. The number of amides is 2. The van der Waals surface area contributed by atoms with Crippen LogP contribution in [0, 0.1) is 12.8 Å². The molecule has 3 aromatic rings. The number of likely N-dealkylation sites (tertiary alicyclic amines) is 1. The maximum atomic E-state index is 14.1. The number of aromatic nitrogens is 3. The zero-order valence-corrected chi connectivity index (χ0v) is 26.7. The Hall–Kier alpha value is -3.09. The van der Waals surface area contributed by atoms with Gasteiger partial charge in [-0.15, -0.1) is 0 Å². The number of pyridine rings is 1. The largest absolute Gasteiger partial charge is 0.348 e. The normalized spacial score (nSPS) is 15.0. The van der Waals surface area contributed by atoms with E-state index in [0.717, 1.165) is 30.7 Å². The summed E-state index contributed by atoms with van der Waals surface area (Å²) in [5, 5.41) is 2.78. The number of H-pyrrole nitrogens is 1. The summed E-state index contributed by atoms with van der Waals surface area (Å²) >= 11 is 3.44. The Balaban J connectivity index is 1.68. The zero-order valence-electron chi connectivity index (χ0n) is 24.3. The molecule has 2 amide bonds. The maximum Gasteiger partial charge on any atom is 0.243 e. The SMILES string of the molecule is CCC(=O)Nc1c(-c2ccccn2)cc(Br)cc1S(=O)(=O)N[C@@H](CCCc1nc[nH]c1C)C(=O)N1CCC(CC)CC1. The number of nitrogens with one attached hydrogen (secondary N) is 3. The molecule has 1 aromatic carbocycles. The topological polar surface area (TPSA) is 137 Å². The number of carbonyl (C=O) groups excluding carboxylic acids is 2. The van der Waals surface area contributed by atoms with Gasteiger partial charge < -0.3 is 15.2 Å². The highest BCUT2D eigenvalue weighted by Gasteiger charge is 2.33. The summed E-state index contributed by atoms with van der Waals surface area (Å²) in [5.74, 6) is 0.000897. The first kappa shape index (κ1) is 31.8. The van der Waals surface area contributed by atoms with Gasteiger partial charge in [0.2, 0.25) is 21.8 Å². The van der Waals surface area contributed by atoms with Crippen LogP contribution in [-0.2, 0) is 26.0 Å². The van der Waals surface area contributed by atoms with Gasteiger partial charge >= 0.3 is 0 Å². The summed E-state index contributed by atoms with van der Waals surface area (Å²) in [4.78, 5) is 39.8. The van der Waals surface area contributed by atoms with Gasteiger partial charge in [-0.3, -0.25) is 14.6 Å². The zero-order chi connectivity index (χ0) is 30.3. The standard InChI is InChI=1S/C30H39BrN6O4S/c1-4-21-12-15-37(16-13-21)30(39)26(11-8-10-24-20(3)33-19-34-24)36-42(40,41)27-18-22(31)17-23(25-9-6-7-14-32-25)29(27)35-28(38)5-2/h6-7,9,14,17-19,21,26,36H,4-5,8,10-13,15-16H2,1-3H3,(H,33,34)(H,35,38)/t26-/m0/s1. The molecule has 3 heterocycles. The molecule has 1 aliphatic heterocycles. The summed E-state index contributed by atoms with van der Waals surface area (Å²) in [5.41, 5.74) is 2.92. The van der Waals surface area contributed by atoms with Crippen LogP contribution in [0.4, 0.5) is 5.69 Å². The molecule has 42 heavy (non-hydrogen) atoms. The van der Waals surface area contributed by atoms with Gasteiger partial charge in [0.15, 0.2) is 0 Å². The third-order valence-electron chi connectivity index (χ3n) is 7.82. The molecule has 0 bridgehead atoms. The molecular formula is C30H39BrN6O4S. The van der Waals surface area contributed by atoms with Gasteiger partial charge in [0.1, 0.15) is 10.9 Å². The molecule has 0 saturated carbocycles. The van der Waals surface area contributed by atoms with E-state index in [1.165, 1.54) is 6.07 Å². The first-order chi connectivity index (χ1) is 20.1. The van der Waals surface area contributed by atoms with E-state index in [2.05, 4.69) is 47.8 Å². The Morgan fingerprint density at radius 2 is 1.93 bits per heavy atom. The Kier molecular flexibility index (Phi) is 10.9. The second kappa shape index (κ2) is 14.4. The van der Waals surface area contributed by atoms with Crippen LogP contribution < -0.4 is 10.0 Å². The quantitative estimate of drug-likeness (QED) is 0.244. The van der Waals surface area contributed by atoms with Crippen molar-refractivity contribution in [2.75, 3.05) is 18.4 Å². The molecule has 0 aliphatic carbocycles. The number of hydrogen-bond acceptors (Lipinski definition) is 6. The van der Waals surface area contributed by atoms with Crippen LogP contribution in [0.5, 0.6) is 0 Å². The molecule has 1 fully saturated rings. The lowest BCUT2D eigenvalue weighted by Crippen LogP contribution is -2.50. The third-order valence-corrected chi connectivity index (χ3v) is 9.78. The van der Waals surface area contributed by atoms with Crippen molar-refractivity contribution in [2.45, 2.75) is 76.7 Å². The van der Waals surface area contributed by atoms with Gasteiger partial charge in [-0.1, -0.05) is 42.3 Å². The lowest BCUT2D eigenvalue weighted by molar-refractivity contribution is -0.134. The Morgan fingerprint density at radius 3 is 2.55 bits per heavy atom. The van der Waals surface area contributed by atoms with Crippen LogP contribution in [0.2, 0.25) is 0 Å². The van der Waals surface area contributed by atoms with Crippen molar-refractivity contribution < 1.29 is 18.0 Å². The maximum absolute atomic E-state index is 14.1. The number of nitrogens with zero attached hydrogens (tertiary/aromatic N) is 3. The highest BCUT2D eigenvalue weighted by Crippen LogP contribution is 2.36. The lowest BCUT2D eigenvalue weighted by atomic mass is 9.94. The van der Waals surface area contributed by atoms with Crippen molar-refractivity contribution >= 4 is 43.5 Å². The van der Waals surface area contributed by atoms with Crippen molar-refractivity contribution in [1.29, 1.82) is 0 Å². The van der Waals surface area contributed by atoms with E-state index in [0.29, 0.717) is 54.0 Å². The highest BCUT2D eigenvalue weighted by atomic mass is 79.9. The number of piperidine rings is 1. The van der Waals surface area contributed by atoms with E-state index in [9.17, 15) is 18.0 Å². The molecule has 4 rings (SSSR count). The van der Waals surface area contributed by atoms with Crippen molar-refractivity contribution in [2.24, 2.45) is 5.92 Å². The average Bonchev–Trinajstić information content (AvgIpc) is 3.41. The molecule has 1 atom stereocenters. The predicted octanol–water partition coefficient (Wildman–Crippen LogP) is 5.21. The second-order valence-electron chi connectivity index (χ2n) is 10.7. The predicted molar refractivity (Wildman–Crippen MR) is 166 cm³/mol. The first-order valence-corrected chi connectivity index (χ1v) is 16.7. The molecule has 0 radical (unpaired) electrons. The van der Waals surface area contributed by atoms with E-state index < -0.39 is 16.1 Å². The molecular weight excluding hydrogens is 620 g/mol. The third kappa shape index (κ3) is 7.84. The van der Waals surface area contributed by atoms with E-state index in [-0.39, 0.29) is 28.8 Å². The van der Waals surface area contributed by atoms with Crippen LogP contribution >= 0.6 is 15.9 Å². The van der Waals surface area contributed by atoms with Crippen LogP contribution in [0.3, 0.4) is 0 Å². The van der Waals surface area contributed by atoms with Crippen molar-refractivity contribution in [3.63, 3.8) is 0 Å². The molecule has 0 unspecified atom stereocenters. The Morgan fingerprint density at radius 1 is 1.17 bits per heavy atom. The number of hydrogen-bond donors (Lipinski definition) is 3. The van der Waals surface area contributed by atoms with E-state index >= 15 is 0 Å². The average molecular weight is 660 g/mol. The van der Waals surface area contributed by atoms with Crippen LogP contribution in [0.15, 0.2) is 52.2 Å². The number of imidazole rings is 1. The second-order valence-corrected chi connectivity index (χ2v) is 13.3. The molecule has 2 aromatic heterocycles. The fourth-order valence-electron chi connectivity index (χ4n) is 5.25. The molecule has 1 saturated heterocycles. The molecule has 10 nitrogen and oxygen atoms in total. The minimum atomic E-state index is -4.28. The van der Waals surface area contributed by atoms with E-state index in [4.69, 9.17) is 0 Å². The number of halogens is 1. The van der Waals surface area contributed by atoms with E-state index in [1.54, 1.807) is 48.6 Å². The number of aryl methyl sites for hydroxylation is 2. The minimum Gasteiger partial charge on any atom is -0.348 e. The lowest BCUT2D eigenvalue weighted by Gasteiger charge is -2.34. The number of aromatic amines is 1. The van der Waals surface area contributed by atoms with Gasteiger partial charge in [0.05, 0.1) is 23.4 Å². The summed E-state index contributed by atoms with van der Waals surface area (Å²) < 4.78 is 31.4. The molecule has 1 aliphatic rings. The molecule has 12 heteroatoms. The molecule has 0 spiro atoms. The fourth-order valence-corrected chi connectivity index (χ4v) is 7.29. The summed E-state index contributed by atoms with van der Waals surface area (Å²) in [7, 11) is -4.28. The highest BCUT2D eigenvalue weighted by molar-refractivity contribution is 9.10. The number of carbonyl (C=O) groups is 2. The Bertz CT molecular complexity index is 1490. The first-order valence-electron chi connectivity index (χ1n) is 14.5. The van der Waals surface area contributed by atoms with Crippen molar-refractivity contribution in [3.05, 3.63) is 58.7 Å². The summed E-state index contributed by atoms with van der Waals surface area (Å²) in [6, 6.07) is 7.49. The van der Waals surface area contributed by atoms with Gasteiger partial charge in [0.25, 0.3) is 0 Å². The minimum absolute atomic E-state index is 0.123. The van der Waals surface area contributed by atoms with Crippen molar-refractivity contribution in [1.82, 2.24) is 24.6 Å². The van der Waals surface area contributed by atoms with Crippen molar-refractivity contribution in [3.8, 4) is 11.3 Å². The van der Waals surface area contributed by atoms with Crippen LogP contribution in [0.25, 0.3) is 11.3 Å². The Labute approximate surface area is 256 Å². The number of benzene rings is 1. The monoisotopic (exact) mass is 658 g/mol.